The van der Waals surface area contributed by atoms with E-state index >= 15 is 4.39 Å². The van der Waals surface area contributed by atoms with Crippen LogP contribution in [0.3, 0.4) is 0 Å². The van der Waals surface area contributed by atoms with Crippen LogP contribution in [0.25, 0.3) is 11.1 Å². The summed E-state index contributed by atoms with van der Waals surface area (Å²) in [5, 5.41) is 9.12. The molecular weight excluding hydrogens is 513 g/mol. The second-order valence-electron chi connectivity index (χ2n) is 10.7. The van der Waals surface area contributed by atoms with E-state index in [1.165, 1.54) is 5.56 Å². The summed E-state index contributed by atoms with van der Waals surface area (Å²) >= 11 is 0. The van der Waals surface area contributed by atoms with E-state index < -0.39 is 5.97 Å². The van der Waals surface area contributed by atoms with Crippen LogP contribution in [0.5, 0.6) is 17.2 Å². The van der Waals surface area contributed by atoms with Gasteiger partial charge in [0.05, 0.1) is 26.2 Å². The molecule has 0 spiro atoms. The van der Waals surface area contributed by atoms with Gasteiger partial charge in [0.15, 0.2) is 0 Å². The number of ether oxygens (including phenoxy) is 4. The fraction of sp³-hybridized carbons (Fsp3) is 0.406. The maximum absolute atomic E-state index is 15.1. The van der Waals surface area contributed by atoms with Gasteiger partial charge in [0.1, 0.15) is 36.3 Å². The first-order chi connectivity index (χ1) is 19.5. The molecule has 0 aromatic heterocycles. The summed E-state index contributed by atoms with van der Waals surface area (Å²) < 4.78 is 38.3. The average Bonchev–Trinajstić information content (AvgIpc) is 3.25. The van der Waals surface area contributed by atoms with Crippen molar-refractivity contribution < 1.29 is 33.2 Å². The zero-order valence-electron chi connectivity index (χ0n) is 22.5. The minimum atomic E-state index is -0.852. The molecule has 3 aromatic carbocycles. The maximum atomic E-state index is 15.1. The Labute approximate surface area is 233 Å². The number of morpholine rings is 1. The fourth-order valence-electron chi connectivity index (χ4n) is 5.83. The second-order valence-corrected chi connectivity index (χ2v) is 10.7. The first kappa shape index (κ1) is 26.6. The van der Waals surface area contributed by atoms with Crippen molar-refractivity contribution in [2.45, 2.75) is 38.2 Å². The Kier molecular flexibility index (Phi) is 7.89. The highest BCUT2D eigenvalue weighted by Gasteiger charge is 2.27. The second kappa shape index (κ2) is 11.9. The van der Waals surface area contributed by atoms with Gasteiger partial charge in [-0.1, -0.05) is 12.1 Å². The number of hydrogen-bond acceptors (Lipinski definition) is 6. The summed E-state index contributed by atoms with van der Waals surface area (Å²) in [6.07, 6.45) is 2.70. The van der Waals surface area contributed by atoms with Gasteiger partial charge in [0.25, 0.3) is 0 Å². The lowest BCUT2D eigenvalue weighted by Gasteiger charge is -2.26. The van der Waals surface area contributed by atoms with Crippen molar-refractivity contribution >= 4 is 5.97 Å². The molecule has 6 rings (SSSR count). The minimum Gasteiger partial charge on any atom is -0.492 e. The number of carbonyl (C=O) groups is 1. The van der Waals surface area contributed by atoms with E-state index in [-0.39, 0.29) is 24.8 Å². The van der Waals surface area contributed by atoms with Crippen LogP contribution >= 0.6 is 0 Å². The molecule has 0 saturated carbocycles. The number of halogens is 1. The van der Waals surface area contributed by atoms with Gasteiger partial charge in [0.2, 0.25) is 0 Å². The molecule has 1 aliphatic carbocycles. The van der Waals surface area contributed by atoms with Crippen LogP contribution in [0.2, 0.25) is 0 Å². The number of carboxylic acid groups (broad SMARTS) is 1. The number of fused-ring (bicyclic) bond motifs is 4. The minimum absolute atomic E-state index is 0.0249. The Morgan fingerprint density at radius 2 is 1.75 bits per heavy atom. The van der Waals surface area contributed by atoms with Crippen LogP contribution in [-0.4, -0.2) is 62.0 Å². The lowest BCUT2D eigenvalue weighted by Crippen LogP contribution is -2.38. The van der Waals surface area contributed by atoms with Crippen molar-refractivity contribution in [2.24, 2.45) is 0 Å². The monoisotopic (exact) mass is 547 g/mol. The highest BCUT2D eigenvalue weighted by atomic mass is 19.1. The predicted octanol–water partition coefficient (Wildman–Crippen LogP) is 5.22. The van der Waals surface area contributed by atoms with Gasteiger partial charge in [-0.15, -0.1) is 0 Å². The summed E-state index contributed by atoms with van der Waals surface area (Å²) in [4.78, 5) is 13.5. The van der Waals surface area contributed by atoms with Crippen LogP contribution in [0, 0.1) is 5.82 Å². The largest absolute Gasteiger partial charge is 0.492 e. The van der Waals surface area contributed by atoms with E-state index in [1.807, 2.05) is 18.2 Å². The van der Waals surface area contributed by atoms with Crippen LogP contribution in [0.15, 0.2) is 48.5 Å². The normalized spacial score (nSPS) is 18.2. The van der Waals surface area contributed by atoms with Gasteiger partial charge in [-0.3, -0.25) is 9.69 Å². The van der Waals surface area contributed by atoms with E-state index in [0.717, 1.165) is 80.1 Å². The Bertz CT molecular complexity index is 1390. The van der Waals surface area contributed by atoms with Crippen molar-refractivity contribution in [2.75, 3.05) is 46.1 Å². The van der Waals surface area contributed by atoms with Gasteiger partial charge in [-0.05, 0) is 71.8 Å². The van der Waals surface area contributed by atoms with Gasteiger partial charge in [-0.2, -0.15) is 0 Å². The lowest BCUT2D eigenvalue weighted by molar-refractivity contribution is -0.137. The zero-order chi connectivity index (χ0) is 27.5. The standard InChI is InChI=1S/C32H34FNO6/c33-30-16-22-3-1-2-21-14-25(38-13-10-34-8-11-37-12-9-34)4-6-27(21)29(22)15-24(30)20-39-26-5-7-28-23(17-32(35)36)19-40-31(28)18-26/h4-7,14-16,18,23H,1-3,8-13,17,19-20H2,(H,35,36). The summed E-state index contributed by atoms with van der Waals surface area (Å²) in [6, 6.07) is 15.2. The van der Waals surface area contributed by atoms with Gasteiger partial charge in [-0.25, -0.2) is 4.39 Å². The number of carboxylic acids is 1. The molecule has 1 fully saturated rings. The fourth-order valence-corrected chi connectivity index (χ4v) is 5.83. The number of aliphatic carboxylic acids is 1. The van der Waals surface area contributed by atoms with Crippen molar-refractivity contribution in [1.29, 1.82) is 0 Å². The van der Waals surface area contributed by atoms with Gasteiger partial charge in [0, 0.05) is 42.7 Å². The summed E-state index contributed by atoms with van der Waals surface area (Å²) in [6.45, 7) is 5.38. The Balaban J connectivity index is 1.15. The van der Waals surface area contributed by atoms with Crippen LogP contribution in [0.4, 0.5) is 4.39 Å². The van der Waals surface area contributed by atoms with Gasteiger partial charge < -0.3 is 24.1 Å². The van der Waals surface area contributed by atoms with Gasteiger partial charge >= 0.3 is 5.97 Å². The first-order valence-corrected chi connectivity index (χ1v) is 14.0. The van der Waals surface area contributed by atoms with Crippen molar-refractivity contribution in [1.82, 2.24) is 4.90 Å². The van der Waals surface area contributed by atoms with E-state index in [9.17, 15) is 4.79 Å². The molecule has 8 heteroatoms. The Morgan fingerprint density at radius 3 is 2.58 bits per heavy atom. The van der Waals surface area contributed by atoms with Crippen LogP contribution in [0.1, 0.15) is 41.0 Å². The summed E-state index contributed by atoms with van der Waals surface area (Å²) in [5.74, 6) is 0.759. The molecule has 0 bridgehead atoms. The topological polar surface area (TPSA) is 77.5 Å². The highest BCUT2D eigenvalue weighted by Crippen LogP contribution is 2.39. The summed E-state index contributed by atoms with van der Waals surface area (Å²) in [7, 11) is 0. The van der Waals surface area contributed by atoms with Crippen molar-refractivity contribution in [3.8, 4) is 28.4 Å². The molecule has 1 saturated heterocycles. The maximum Gasteiger partial charge on any atom is 0.304 e. The first-order valence-electron chi connectivity index (χ1n) is 14.0. The quantitative estimate of drug-likeness (QED) is 0.394. The number of nitrogens with zero attached hydrogens (tertiary/aromatic N) is 1. The zero-order valence-corrected chi connectivity index (χ0v) is 22.5. The molecule has 3 aliphatic rings. The molecule has 1 unspecified atom stereocenters. The van der Waals surface area contributed by atoms with Crippen LogP contribution < -0.4 is 14.2 Å². The predicted molar refractivity (Wildman–Crippen MR) is 148 cm³/mol. The SMILES string of the molecule is O=C(O)CC1COc2cc(OCc3cc4c(cc3F)CCCc3cc(OCCN5CCOCC5)ccc3-4)ccc21. The Morgan fingerprint density at radius 1 is 0.975 bits per heavy atom. The lowest BCUT2D eigenvalue weighted by atomic mass is 9.94. The number of aryl methyl sites for hydroxylation is 2. The molecule has 1 N–H and O–H groups in total. The van der Waals surface area contributed by atoms with Crippen molar-refractivity contribution in [3.63, 3.8) is 0 Å². The van der Waals surface area contributed by atoms with E-state index in [2.05, 4.69) is 17.0 Å². The van der Waals surface area contributed by atoms with E-state index in [0.29, 0.717) is 30.3 Å². The molecule has 2 aliphatic heterocycles. The molecule has 40 heavy (non-hydrogen) atoms. The Hall–Kier alpha value is -3.62. The number of benzene rings is 3. The molecule has 3 aromatic rings. The molecule has 210 valence electrons. The van der Waals surface area contributed by atoms with E-state index in [1.54, 1.807) is 18.2 Å². The van der Waals surface area contributed by atoms with Crippen molar-refractivity contribution in [3.05, 3.63) is 76.6 Å². The third kappa shape index (κ3) is 5.93. The number of hydrogen-bond donors (Lipinski definition) is 1. The van der Waals surface area contributed by atoms with E-state index in [4.69, 9.17) is 24.1 Å². The molecule has 0 amide bonds. The van der Waals surface area contributed by atoms with Crippen LogP contribution in [-0.2, 0) is 29.0 Å². The number of rotatable bonds is 9. The molecule has 2 heterocycles. The average molecular weight is 548 g/mol. The molecule has 7 nitrogen and oxygen atoms in total. The third-order valence-corrected chi connectivity index (χ3v) is 7.99. The molecule has 1 atom stereocenters. The third-order valence-electron chi connectivity index (χ3n) is 7.99. The molecule has 0 radical (unpaired) electrons. The smallest absolute Gasteiger partial charge is 0.304 e. The summed E-state index contributed by atoms with van der Waals surface area (Å²) in [5.41, 5.74) is 5.74. The highest BCUT2D eigenvalue weighted by molar-refractivity contribution is 5.73. The molecular formula is C32H34FNO6.